The van der Waals surface area contributed by atoms with E-state index in [0.717, 1.165) is 0 Å². The van der Waals surface area contributed by atoms with E-state index in [0.29, 0.717) is 0 Å². The molecule has 4 heteroatoms. The Hall–Kier alpha value is 0.934. The van der Waals surface area contributed by atoms with Gasteiger partial charge in [0.15, 0.2) is 0 Å². The topological polar surface area (TPSA) is 0 Å². The van der Waals surface area contributed by atoms with Crippen molar-refractivity contribution in [3.05, 3.63) is 28.8 Å². The molecule has 0 bridgehead atoms. The summed E-state index contributed by atoms with van der Waals surface area (Å²) in [5.41, 5.74) is 4.91. The molecule has 15 heavy (non-hydrogen) atoms. The summed E-state index contributed by atoms with van der Waals surface area (Å²) in [7, 11) is 14.9. The summed E-state index contributed by atoms with van der Waals surface area (Å²) in [5.74, 6) is 0. The van der Waals surface area contributed by atoms with Gasteiger partial charge in [-0.2, -0.15) is 22.8 Å². The average Bonchev–Trinajstić information content (AvgIpc) is 2.59. The third kappa shape index (κ3) is 4.75. The molecule has 84 valence electrons. The van der Waals surface area contributed by atoms with Gasteiger partial charge in [0, 0.05) is 0 Å². The molecule has 0 nitrogen and oxygen atoms in total. The monoisotopic (exact) mass is 300 g/mol. The van der Waals surface area contributed by atoms with Gasteiger partial charge in [0.1, 0.15) is 0 Å². The molecule has 0 heterocycles. The van der Waals surface area contributed by atoms with E-state index in [1.54, 1.807) is 16.7 Å². The summed E-state index contributed by atoms with van der Waals surface area (Å²) in [6.45, 7) is 2.25. The third-order valence-electron chi connectivity index (χ3n) is 2.76. The van der Waals surface area contributed by atoms with E-state index >= 15 is 0 Å². The third-order valence-corrected chi connectivity index (χ3v) is 2.76. The predicted molar refractivity (Wildman–Crippen MR) is 65.6 cm³/mol. The summed E-state index contributed by atoms with van der Waals surface area (Å²) in [4.78, 5) is 0. The second-order valence-corrected chi connectivity index (χ2v) is 11.4. The summed E-state index contributed by atoms with van der Waals surface area (Å²) < 4.78 is 0. The second kappa shape index (κ2) is 7.30. The van der Waals surface area contributed by atoms with Crippen LogP contribution in [0.2, 0.25) is 0 Å². The molecule has 0 amide bonds. The second-order valence-electron chi connectivity index (χ2n) is 3.64. The van der Waals surface area contributed by atoms with E-state index in [2.05, 4.69) is 19.1 Å². The Morgan fingerprint density at radius 2 is 1.87 bits per heavy atom. The maximum absolute atomic E-state index is 4.97. The van der Waals surface area contributed by atoms with Gasteiger partial charge in [-0.15, -0.1) is 0 Å². The number of halogens is 3. The Kier molecular flexibility index (Phi) is 6.81. The minimum atomic E-state index is -1.92. The Balaban J connectivity index is 0.000000245. The van der Waals surface area contributed by atoms with Crippen LogP contribution in [0.25, 0.3) is 0 Å². The molecular formula is C11H15Cl3Ti. The van der Waals surface area contributed by atoms with Gasteiger partial charge in [0.05, 0.1) is 0 Å². The van der Waals surface area contributed by atoms with Gasteiger partial charge in [0.25, 0.3) is 0 Å². The quantitative estimate of drug-likeness (QED) is 0.510. The van der Waals surface area contributed by atoms with Crippen LogP contribution in [-0.4, -0.2) is 0 Å². The zero-order valence-electron chi connectivity index (χ0n) is 8.82. The molecule has 0 unspecified atom stereocenters. The van der Waals surface area contributed by atoms with Crippen molar-refractivity contribution < 1.29 is 14.7 Å². The molecule has 0 fully saturated rings. The molecule has 0 atom stereocenters. The molecule has 1 aliphatic carbocycles. The van der Waals surface area contributed by atoms with Gasteiger partial charge in [-0.25, -0.2) is 6.07 Å². The number of aryl methyl sites for hydroxylation is 2. The first-order valence-corrected chi connectivity index (χ1v) is 11.7. The molecule has 0 radical (unpaired) electrons. The molecular weight excluding hydrogens is 286 g/mol. The van der Waals surface area contributed by atoms with E-state index in [1.165, 1.54) is 32.1 Å². The Morgan fingerprint density at radius 1 is 1.27 bits per heavy atom. The minimum absolute atomic E-state index is 1.22. The SMILES string of the molecule is CC[c-]1ccc2c1CCCC2.[Cl][Ti+]([Cl])[Cl]. The van der Waals surface area contributed by atoms with E-state index < -0.39 is 14.7 Å². The summed E-state index contributed by atoms with van der Waals surface area (Å²) in [6, 6.07) is 4.64. The molecule has 1 aromatic carbocycles. The molecule has 1 aliphatic rings. The van der Waals surface area contributed by atoms with Crippen molar-refractivity contribution in [2.45, 2.75) is 39.0 Å². The standard InChI is InChI=1S/C11H15.3ClH.Ti/c1-2-9-7-8-10-5-3-4-6-11(9)10;;;;/h7-8H,2-6H2,1H3;3*1H;/q-1;;;;+4/p-3. The van der Waals surface area contributed by atoms with E-state index in [-0.39, 0.29) is 0 Å². The van der Waals surface area contributed by atoms with Crippen molar-refractivity contribution in [1.29, 1.82) is 0 Å². The van der Waals surface area contributed by atoms with E-state index in [4.69, 9.17) is 27.9 Å². The Morgan fingerprint density at radius 3 is 2.47 bits per heavy atom. The summed E-state index contributed by atoms with van der Waals surface area (Å²) in [6.07, 6.45) is 6.69. The van der Waals surface area contributed by atoms with Crippen molar-refractivity contribution in [3.8, 4) is 0 Å². The first-order valence-electron chi connectivity index (χ1n) is 5.25. The van der Waals surface area contributed by atoms with Gasteiger partial charge in [-0.05, 0) is 0 Å². The molecule has 0 saturated heterocycles. The summed E-state index contributed by atoms with van der Waals surface area (Å²) in [5, 5.41) is 0. The summed E-state index contributed by atoms with van der Waals surface area (Å²) >= 11 is -1.92. The number of fused-ring (bicyclic) bond motifs is 1. The normalized spacial score (nSPS) is 13.9. The van der Waals surface area contributed by atoms with Crippen LogP contribution >= 0.6 is 27.9 Å². The first-order chi connectivity index (χ1) is 7.15. The van der Waals surface area contributed by atoms with Crippen LogP contribution < -0.4 is 0 Å². The number of hydrogen-bond donors (Lipinski definition) is 0. The molecule has 0 N–H and O–H groups in total. The van der Waals surface area contributed by atoms with Gasteiger partial charge >= 0.3 is 42.6 Å². The fourth-order valence-electron chi connectivity index (χ4n) is 2.11. The fourth-order valence-corrected chi connectivity index (χ4v) is 2.11. The first kappa shape index (κ1) is 14.0. The van der Waals surface area contributed by atoms with Crippen LogP contribution in [-0.2, 0) is 34.0 Å². The average molecular weight is 301 g/mol. The van der Waals surface area contributed by atoms with Crippen LogP contribution in [0, 0.1) is 0 Å². The Bertz CT molecular complexity index is 278. The van der Waals surface area contributed by atoms with Gasteiger partial charge in [-0.1, -0.05) is 39.0 Å². The van der Waals surface area contributed by atoms with Crippen molar-refractivity contribution in [3.63, 3.8) is 0 Å². The molecule has 0 spiro atoms. The van der Waals surface area contributed by atoms with Crippen molar-refractivity contribution in [2.75, 3.05) is 0 Å². The van der Waals surface area contributed by atoms with E-state index in [1.807, 2.05) is 0 Å². The van der Waals surface area contributed by atoms with Crippen molar-refractivity contribution in [1.82, 2.24) is 0 Å². The predicted octanol–water partition coefficient (Wildman–Crippen LogP) is 4.91. The molecule has 0 saturated carbocycles. The van der Waals surface area contributed by atoms with Crippen LogP contribution in [0.5, 0.6) is 0 Å². The van der Waals surface area contributed by atoms with Crippen molar-refractivity contribution >= 4 is 27.9 Å². The Labute approximate surface area is 110 Å². The van der Waals surface area contributed by atoms with Gasteiger partial charge < -0.3 is 0 Å². The maximum atomic E-state index is 4.97. The van der Waals surface area contributed by atoms with Crippen molar-refractivity contribution in [2.24, 2.45) is 0 Å². The van der Waals surface area contributed by atoms with Crippen LogP contribution in [0.15, 0.2) is 12.1 Å². The zero-order valence-corrected chi connectivity index (χ0v) is 12.7. The number of hydrogen-bond acceptors (Lipinski definition) is 0. The number of rotatable bonds is 1. The van der Waals surface area contributed by atoms with E-state index in [9.17, 15) is 0 Å². The van der Waals surface area contributed by atoms with Crippen LogP contribution in [0.3, 0.4) is 0 Å². The van der Waals surface area contributed by atoms with Gasteiger partial charge in [-0.3, -0.25) is 0 Å². The fraction of sp³-hybridized carbons (Fsp3) is 0.545. The molecule has 0 aromatic heterocycles. The van der Waals surface area contributed by atoms with Crippen LogP contribution in [0.4, 0.5) is 0 Å². The van der Waals surface area contributed by atoms with Gasteiger partial charge in [0.2, 0.25) is 0 Å². The zero-order chi connectivity index (χ0) is 11.3. The molecule has 1 aromatic rings. The van der Waals surface area contributed by atoms with Crippen LogP contribution in [0.1, 0.15) is 36.5 Å². The molecule has 0 aliphatic heterocycles. The molecule has 2 rings (SSSR count).